The van der Waals surface area contributed by atoms with E-state index in [1.54, 1.807) is 6.92 Å². The van der Waals surface area contributed by atoms with Crippen molar-refractivity contribution in [3.8, 4) is 0 Å². The van der Waals surface area contributed by atoms with Crippen LogP contribution in [-0.2, 0) is 19.1 Å². The van der Waals surface area contributed by atoms with Crippen LogP contribution in [-0.4, -0.2) is 25.7 Å². The Labute approximate surface area is 101 Å². The van der Waals surface area contributed by atoms with Crippen LogP contribution in [0.4, 0.5) is 0 Å². The van der Waals surface area contributed by atoms with E-state index < -0.39 is 5.41 Å². The number of esters is 2. The Morgan fingerprint density at radius 3 is 2.65 bits per heavy atom. The Hall–Kier alpha value is -1.32. The first kappa shape index (κ1) is 12.1. The normalized spacial score (nSPS) is 33.8. The smallest absolute Gasteiger partial charge is 0.313 e. The molecular formula is C13H18O4. The molecule has 1 saturated carbocycles. The summed E-state index contributed by atoms with van der Waals surface area (Å²) in [7, 11) is 1.38. The lowest BCUT2D eigenvalue weighted by Gasteiger charge is -2.31. The van der Waals surface area contributed by atoms with Gasteiger partial charge in [0.15, 0.2) is 0 Å². The molecule has 2 aliphatic carbocycles. The van der Waals surface area contributed by atoms with Crippen LogP contribution >= 0.6 is 0 Å². The fourth-order valence-corrected chi connectivity index (χ4v) is 3.14. The van der Waals surface area contributed by atoms with Crippen molar-refractivity contribution in [1.82, 2.24) is 0 Å². The van der Waals surface area contributed by atoms with Crippen molar-refractivity contribution in [2.24, 2.45) is 17.3 Å². The first-order valence-corrected chi connectivity index (χ1v) is 6.04. The molecule has 94 valence electrons. The highest BCUT2D eigenvalue weighted by Crippen LogP contribution is 2.54. The summed E-state index contributed by atoms with van der Waals surface area (Å²) in [6.07, 6.45) is 5.98. The Kier molecular flexibility index (Phi) is 3.22. The first-order valence-electron chi connectivity index (χ1n) is 6.04. The number of rotatable bonds is 4. The summed E-state index contributed by atoms with van der Waals surface area (Å²) >= 11 is 0. The molecule has 17 heavy (non-hydrogen) atoms. The molecule has 0 aliphatic heterocycles. The van der Waals surface area contributed by atoms with Gasteiger partial charge in [-0.25, -0.2) is 0 Å². The largest absolute Gasteiger partial charge is 0.469 e. The molecule has 2 bridgehead atoms. The molecule has 2 aliphatic rings. The summed E-state index contributed by atoms with van der Waals surface area (Å²) in [5.74, 6) is -0.0425. The molecule has 4 heteroatoms. The number of hydrogen-bond acceptors (Lipinski definition) is 4. The molecule has 0 radical (unpaired) electrons. The number of carbonyl (C=O) groups excluding carboxylic acids is 2. The Morgan fingerprint density at radius 1 is 1.41 bits per heavy atom. The average molecular weight is 238 g/mol. The van der Waals surface area contributed by atoms with Crippen LogP contribution in [0, 0.1) is 17.3 Å². The van der Waals surface area contributed by atoms with E-state index in [-0.39, 0.29) is 24.3 Å². The molecular weight excluding hydrogens is 220 g/mol. The molecule has 0 spiro atoms. The van der Waals surface area contributed by atoms with E-state index in [1.807, 2.05) is 6.08 Å². The lowest BCUT2D eigenvalue weighted by Crippen LogP contribution is -2.38. The summed E-state index contributed by atoms with van der Waals surface area (Å²) < 4.78 is 9.85. The fourth-order valence-electron chi connectivity index (χ4n) is 3.14. The predicted octanol–water partition coefficient (Wildman–Crippen LogP) is 1.70. The minimum atomic E-state index is -0.680. The van der Waals surface area contributed by atoms with Gasteiger partial charge in [-0.3, -0.25) is 9.59 Å². The quantitative estimate of drug-likeness (QED) is 0.552. The molecule has 0 saturated heterocycles. The second kappa shape index (κ2) is 4.51. The number of allylic oxidation sites excluding steroid dienone is 2. The molecule has 0 aromatic heterocycles. The van der Waals surface area contributed by atoms with Crippen molar-refractivity contribution in [2.45, 2.75) is 26.2 Å². The van der Waals surface area contributed by atoms with Gasteiger partial charge in [-0.2, -0.15) is 0 Å². The van der Waals surface area contributed by atoms with Gasteiger partial charge in [0.2, 0.25) is 0 Å². The summed E-state index contributed by atoms with van der Waals surface area (Å²) in [6, 6.07) is 0. The molecule has 1 fully saturated rings. The monoisotopic (exact) mass is 238 g/mol. The van der Waals surface area contributed by atoms with E-state index in [4.69, 9.17) is 9.47 Å². The molecule has 0 heterocycles. The van der Waals surface area contributed by atoms with Crippen LogP contribution < -0.4 is 0 Å². The van der Waals surface area contributed by atoms with Gasteiger partial charge >= 0.3 is 11.9 Å². The van der Waals surface area contributed by atoms with Crippen LogP contribution in [0.5, 0.6) is 0 Å². The van der Waals surface area contributed by atoms with E-state index in [9.17, 15) is 9.59 Å². The van der Waals surface area contributed by atoms with E-state index in [2.05, 4.69) is 6.08 Å². The second-order valence-corrected chi connectivity index (χ2v) is 4.82. The van der Waals surface area contributed by atoms with Crippen LogP contribution in [0.1, 0.15) is 26.2 Å². The minimum absolute atomic E-state index is 0.129. The van der Waals surface area contributed by atoms with Gasteiger partial charge in [0.1, 0.15) is 0 Å². The van der Waals surface area contributed by atoms with Crippen molar-refractivity contribution in [3.63, 3.8) is 0 Å². The summed E-state index contributed by atoms with van der Waals surface area (Å²) in [5.41, 5.74) is -0.680. The summed E-state index contributed by atoms with van der Waals surface area (Å²) in [5, 5.41) is 0. The van der Waals surface area contributed by atoms with Crippen LogP contribution in [0.25, 0.3) is 0 Å². The van der Waals surface area contributed by atoms with Gasteiger partial charge < -0.3 is 9.47 Å². The molecule has 3 atom stereocenters. The maximum atomic E-state index is 12.0. The number of hydrogen-bond donors (Lipinski definition) is 0. The van der Waals surface area contributed by atoms with E-state index in [0.29, 0.717) is 18.9 Å². The topological polar surface area (TPSA) is 52.6 Å². The third-order valence-electron chi connectivity index (χ3n) is 3.87. The number of carbonyl (C=O) groups is 2. The Balaban J connectivity index is 2.17. The van der Waals surface area contributed by atoms with Gasteiger partial charge in [0, 0.05) is 0 Å². The maximum absolute atomic E-state index is 12.0. The van der Waals surface area contributed by atoms with Gasteiger partial charge in [0.05, 0.1) is 25.6 Å². The Bertz CT molecular complexity index is 360. The van der Waals surface area contributed by atoms with Crippen LogP contribution in [0.2, 0.25) is 0 Å². The zero-order chi connectivity index (χ0) is 12.5. The van der Waals surface area contributed by atoms with Crippen molar-refractivity contribution in [1.29, 1.82) is 0 Å². The molecule has 3 unspecified atom stereocenters. The fraction of sp³-hybridized carbons (Fsp3) is 0.692. The number of ether oxygens (including phenoxy) is 2. The van der Waals surface area contributed by atoms with Crippen LogP contribution in [0.3, 0.4) is 0 Å². The predicted molar refractivity (Wildman–Crippen MR) is 61.1 cm³/mol. The minimum Gasteiger partial charge on any atom is -0.469 e. The molecule has 2 rings (SSSR count). The molecule has 4 nitrogen and oxygen atoms in total. The van der Waals surface area contributed by atoms with Crippen LogP contribution in [0.15, 0.2) is 12.2 Å². The first-order chi connectivity index (χ1) is 8.12. The highest BCUT2D eigenvalue weighted by molar-refractivity contribution is 5.84. The van der Waals surface area contributed by atoms with Crippen molar-refractivity contribution < 1.29 is 19.1 Å². The standard InChI is InChI=1S/C13H18O4/c1-3-17-11(14)8-13(12(15)16-2)7-9-4-5-10(13)6-9/h4-5,9-10H,3,6-8H2,1-2H3. The highest BCUT2D eigenvalue weighted by Gasteiger charge is 2.55. The van der Waals surface area contributed by atoms with Gasteiger partial charge in [-0.05, 0) is 31.6 Å². The molecule has 0 N–H and O–H groups in total. The molecule has 0 aromatic carbocycles. The second-order valence-electron chi connectivity index (χ2n) is 4.82. The summed E-state index contributed by atoms with van der Waals surface area (Å²) in [4.78, 5) is 23.6. The van der Waals surface area contributed by atoms with Crippen molar-refractivity contribution >= 4 is 11.9 Å². The summed E-state index contributed by atoms with van der Waals surface area (Å²) in [6.45, 7) is 2.11. The average Bonchev–Trinajstić information content (AvgIpc) is 2.88. The molecule has 0 aromatic rings. The van der Waals surface area contributed by atoms with Crippen molar-refractivity contribution in [3.05, 3.63) is 12.2 Å². The van der Waals surface area contributed by atoms with E-state index in [1.165, 1.54) is 7.11 Å². The lowest BCUT2D eigenvalue weighted by molar-refractivity contribution is -0.162. The maximum Gasteiger partial charge on any atom is 0.313 e. The van der Waals surface area contributed by atoms with E-state index in [0.717, 1.165) is 6.42 Å². The number of fused-ring (bicyclic) bond motifs is 2. The zero-order valence-electron chi connectivity index (χ0n) is 10.3. The molecule has 0 amide bonds. The van der Waals surface area contributed by atoms with E-state index >= 15 is 0 Å². The van der Waals surface area contributed by atoms with Gasteiger partial charge in [-0.15, -0.1) is 0 Å². The zero-order valence-corrected chi connectivity index (χ0v) is 10.3. The van der Waals surface area contributed by atoms with Gasteiger partial charge in [0.25, 0.3) is 0 Å². The Morgan fingerprint density at radius 2 is 2.18 bits per heavy atom. The number of methoxy groups -OCH3 is 1. The lowest BCUT2D eigenvalue weighted by atomic mass is 9.73. The third kappa shape index (κ3) is 1.96. The van der Waals surface area contributed by atoms with Gasteiger partial charge in [-0.1, -0.05) is 12.2 Å². The SMILES string of the molecule is CCOC(=O)CC1(C(=O)OC)CC2C=CC1C2. The van der Waals surface area contributed by atoms with Crippen molar-refractivity contribution in [2.75, 3.05) is 13.7 Å². The third-order valence-corrected chi connectivity index (χ3v) is 3.87. The highest BCUT2D eigenvalue weighted by atomic mass is 16.5.